The number of aromatic nitrogens is 1. The average molecular weight is 275 g/mol. The van der Waals surface area contributed by atoms with Gasteiger partial charge in [-0.05, 0) is 49.7 Å². The summed E-state index contributed by atoms with van der Waals surface area (Å²) in [7, 11) is 0. The standard InChI is InChI=1S/C17H25NO2/c1-4-20-17(9-7-16(2,3)8-10-17)15(19)12-14-6-5-11-18-13-14/h5-6,11,13H,4,7-10,12H2,1-3H3. The molecule has 0 atom stereocenters. The van der Waals surface area contributed by atoms with Crippen LogP contribution in [0.25, 0.3) is 0 Å². The highest BCUT2D eigenvalue weighted by atomic mass is 16.5. The number of ether oxygens (including phenoxy) is 1. The lowest BCUT2D eigenvalue weighted by Crippen LogP contribution is -2.47. The van der Waals surface area contributed by atoms with Crippen molar-refractivity contribution < 1.29 is 9.53 Å². The highest BCUT2D eigenvalue weighted by molar-refractivity contribution is 5.89. The third-order valence-corrected chi connectivity index (χ3v) is 4.43. The van der Waals surface area contributed by atoms with Crippen LogP contribution >= 0.6 is 0 Å². The third kappa shape index (κ3) is 3.45. The summed E-state index contributed by atoms with van der Waals surface area (Å²) in [4.78, 5) is 16.8. The maximum atomic E-state index is 12.7. The van der Waals surface area contributed by atoms with Crippen LogP contribution in [0.2, 0.25) is 0 Å². The first-order valence-electron chi connectivity index (χ1n) is 7.54. The van der Waals surface area contributed by atoms with Gasteiger partial charge in [-0.1, -0.05) is 19.9 Å². The fourth-order valence-corrected chi connectivity index (χ4v) is 2.96. The van der Waals surface area contributed by atoms with E-state index in [1.807, 2.05) is 19.1 Å². The first kappa shape index (κ1) is 15.2. The number of carbonyl (C=O) groups excluding carboxylic acids is 1. The maximum Gasteiger partial charge on any atom is 0.169 e. The molecule has 0 aliphatic heterocycles. The summed E-state index contributed by atoms with van der Waals surface area (Å²) >= 11 is 0. The number of hydrogen-bond acceptors (Lipinski definition) is 3. The Balaban J connectivity index is 2.10. The minimum Gasteiger partial charge on any atom is -0.367 e. The van der Waals surface area contributed by atoms with Crippen LogP contribution < -0.4 is 0 Å². The van der Waals surface area contributed by atoms with Gasteiger partial charge in [-0.15, -0.1) is 0 Å². The molecule has 1 aromatic rings. The quantitative estimate of drug-likeness (QED) is 0.824. The second-order valence-corrected chi connectivity index (χ2v) is 6.55. The van der Waals surface area contributed by atoms with Gasteiger partial charge in [0.05, 0.1) is 0 Å². The topological polar surface area (TPSA) is 39.2 Å². The van der Waals surface area contributed by atoms with Gasteiger partial charge in [0.15, 0.2) is 5.78 Å². The van der Waals surface area contributed by atoms with E-state index in [9.17, 15) is 4.79 Å². The molecular formula is C17H25NO2. The summed E-state index contributed by atoms with van der Waals surface area (Å²) in [5, 5.41) is 0. The van der Waals surface area contributed by atoms with E-state index in [1.165, 1.54) is 0 Å². The SMILES string of the molecule is CCOC1(C(=O)Cc2cccnc2)CCC(C)(C)CC1. The molecule has 1 aliphatic carbocycles. The van der Waals surface area contributed by atoms with E-state index >= 15 is 0 Å². The molecule has 1 saturated carbocycles. The molecule has 1 heterocycles. The Morgan fingerprint density at radius 3 is 2.55 bits per heavy atom. The Morgan fingerprint density at radius 2 is 2.00 bits per heavy atom. The maximum absolute atomic E-state index is 12.7. The Bertz CT molecular complexity index is 443. The summed E-state index contributed by atoms with van der Waals surface area (Å²) < 4.78 is 5.93. The summed E-state index contributed by atoms with van der Waals surface area (Å²) in [5.41, 5.74) is 0.733. The molecule has 110 valence electrons. The predicted octanol–water partition coefficient (Wildman–Crippen LogP) is 3.57. The highest BCUT2D eigenvalue weighted by Gasteiger charge is 2.44. The van der Waals surface area contributed by atoms with Crippen LogP contribution in [0.4, 0.5) is 0 Å². The normalized spacial score (nSPS) is 20.6. The van der Waals surface area contributed by atoms with Gasteiger partial charge in [-0.2, -0.15) is 0 Å². The fraction of sp³-hybridized carbons (Fsp3) is 0.647. The molecule has 1 fully saturated rings. The summed E-state index contributed by atoms with van der Waals surface area (Å²) in [6, 6.07) is 3.83. The number of ketones is 1. The monoisotopic (exact) mass is 275 g/mol. The Labute approximate surface area is 121 Å². The number of hydrogen-bond donors (Lipinski definition) is 0. The van der Waals surface area contributed by atoms with Crippen LogP contribution in [0.3, 0.4) is 0 Å². The van der Waals surface area contributed by atoms with Gasteiger partial charge in [0, 0.05) is 25.4 Å². The molecule has 0 unspecified atom stereocenters. The van der Waals surface area contributed by atoms with Gasteiger partial charge in [0.2, 0.25) is 0 Å². The van der Waals surface area contributed by atoms with E-state index in [4.69, 9.17) is 4.74 Å². The highest BCUT2D eigenvalue weighted by Crippen LogP contribution is 2.42. The Kier molecular flexibility index (Phi) is 4.59. The van der Waals surface area contributed by atoms with E-state index in [-0.39, 0.29) is 5.78 Å². The lowest BCUT2D eigenvalue weighted by molar-refractivity contribution is -0.151. The van der Waals surface area contributed by atoms with Crippen LogP contribution in [0.1, 0.15) is 52.0 Å². The van der Waals surface area contributed by atoms with Crippen molar-refractivity contribution >= 4 is 5.78 Å². The number of nitrogens with zero attached hydrogens (tertiary/aromatic N) is 1. The average Bonchev–Trinajstić information content (AvgIpc) is 2.43. The van der Waals surface area contributed by atoms with Crippen molar-refractivity contribution in [2.24, 2.45) is 5.41 Å². The van der Waals surface area contributed by atoms with Crippen molar-refractivity contribution in [3.05, 3.63) is 30.1 Å². The number of Topliss-reactive ketones (excluding diaryl/α,β-unsaturated/α-hetero) is 1. The molecule has 0 N–H and O–H groups in total. The van der Waals surface area contributed by atoms with Crippen LogP contribution in [-0.4, -0.2) is 23.0 Å². The Hall–Kier alpha value is -1.22. The molecule has 20 heavy (non-hydrogen) atoms. The van der Waals surface area contributed by atoms with Crippen molar-refractivity contribution in [1.29, 1.82) is 0 Å². The number of pyridine rings is 1. The number of carbonyl (C=O) groups is 1. The summed E-state index contributed by atoms with van der Waals surface area (Å²) in [6.45, 7) is 7.11. The minimum atomic E-state index is -0.569. The molecule has 0 amide bonds. The second-order valence-electron chi connectivity index (χ2n) is 6.55. The predicted molar refractivity (Wildman–Crippen MR) is 79.6 cm³/mol. The molecule has 0 radical (unpaired) electrons. The van der Waals surface area contributed by atoms with Gasteiger partial charge in [-0.3, -0.25) is 9.78 Å². The van der Waals surface area contributed by atoms with Crippen LogP contribution in [0.15, 0.2) is 24.5 Å². The molecule has 0 bridgehead atoms. The van der Waals surface area contributed by atoms with Gasteiger partial charge in [0.1, 0.15) is 5.60 Å². The zero-order valence-corrected chi connectivity index (χ0v) is 12.8. The van der Waals surface area contributed by atoms with E-state index in [2.05, 4.69) is 18.8 Å². The van der Waals surface area contributed by atoms with Crippen molar-refractivity contribution in [2.75, 3.05) is 6.61 Å². The molecular weight excluding hydrogens is 250 g/mol. The van der Waals surface area contributed by atoms with Gasteiger partial charge in [0.25, 0.3) is 0 Å². The van der Waals surface area contributed by atoms with Crippen molar-refractivity contribution in [1.82, 2.24) is 4.98 Å². The summed E-state index contributed by atoms with van der Waals surface area (Å²) in [5.74, 6) is 0.211. The van der Waals surface area contributed by atoms with Gasteiger partial charge < -0.3 is 4.74 Å². The molecule has 0 saturated heterocycles. The van der Waals surface area contributed by atoms with E-state index in [0.717, 1.165) is 31.2 Å². The van der Waals surface area contributed by atoms with E-state index < -0.39 is 5.60 Å². The van der Waals surface area contributed by atoms with Crippen molar-refractivity contribution in [3.8, 4) is 0 Å². The molecule has 0 aromatic carbocycles. The molecule has 1 aliphatic rings. The fourth-order valence-electron chi connectivity index (χ4n) is 2.96. The smallest absolute Gasteiger partial charge is 0.169 e. The molecule has 1 aromatic heterocycles. The largest absolute Gasteiger partial charge is 0.367 e. The van der Waals surface area contributed by atoms with Crippen LogP contribution in [0.5, 0.6) is 0 Å². The zero-order valence-electron chi connectivity index (χ0n) is 12.8. The first-order valence-corrected chi connectivity index (χ1v) is 7.54. The molecule has 0 spiro atoms. The first-order chi connectivity index (χ1) is 9.47. The lowest BCUT2D eigenvalue weighted by atomic mass is 9.69. The number of rotatable bonds is 5. The van der Waals surface area contributed by atoms with Gasteiger partial charge in [-0.25, -0.2) is 0 Å². The third-order valence-electron chi connectivity index (χ3n) is 4.43. The molecule has 3 heteroatoms. The minimum absolute atomic E-state index is 0.211. The molecule has 3 nitrogen and oxygen atoms in total. The molecule has 2 rings (SSSR count). The Morgan fingerprint density at radius 1 is 1.30 bits per heavy atom. The zero-order chi connectivity index (χ0) is 14.6. The van der Waals surface area contributed by atoms with Crippen molar-refractivity contribution in [2.45, 2.75) is 58.5 Å². The van der Waals surface area contributed by atoms with E-state index in [1.54, 1.807) is 12.4 Å². The van der Waals surface area contributed by atoms with E-state index in [0.29, 0.717) is 18.4 Å². The lowest BCUT2D eigenvalue weighted by Gasteiger charge is -2.42. The van der Waals surface area contributed by atoms with Crippen LogP contribution in [-0.2, 0) is 16.0 Å². The summed E-state index contributed by atoms with van der Waals surface area (Å²) in [6.07, 6.45) is 7.70. The second kappa shape index (κ2) is 6.04. The van der Waals surface area contributed by atoms with Gasteiger partial charge >= 0.3 is 0 Å². The van der Waals surface area contributed by atoms with Crippen LogP contribution in [0, 0.1) is 5.41 Å². The van der Waals surface area contributed by atoms with Crippen molar-refractivity contribution in [3.63, 3.8) is 0 Å².